The van der Waals surface area contributed by atoms with Crippen molar-refractivity contribution in [3.63, 3.8) is 0 Å². The molecule has 1 unspecified atom stereocenters. The lowest BCUT2D eigenvalue weighted by atomic mass is 9.92. The number of ether oxygens (including phenoxy) is 2. The number of benzene rings is 3. The van der Waals surface area contributed by atoms with Gasteiger partial charge in [-0.15, -0.1) is 0 Å². The monoisotopic (exact) mass is 491 g/mol. The molecule has 0 saturated carbocycles. The summed E-state index contributed by atoms with van der Waals surface area (Å²) in [7, 11) is 0. The zero-order chi connectivity index (χ0) is 25.1. The highest BCUT2D eigenvalue weighted by Crippen LogP contribution is 2.44. The van der Waals surface area contributed by atoms with E-state index in [0.717, 1.165) is 11.1 Å². The van der Waals surface area contributed by atoms with E-state index in [-0.39, 0.29) is 11.3 Å². The Balaban J connectivity index is 1.94. The molecule has 0 bridgehead atoms. The first-order valence-electron chi connectivity index (χ1n) is 11.4. The van der Waals surface area contributed by atoms with Gasteiger partial charge in [-0.2, -0.15) is 0 Å². The van der Waals surface area contributed by atoms with Gasteiger partial charge in [-0.3, -0.25) is 14.5 Å². The van der Waals surface area contributed by atoms with Gasteiger partial charge in [0.25, 0.3) is 11.7 Å². The number of halogens is 1. The van der Waals surface area contributed by atoms with Crippen LogP contribution in [-0.4, -0.2) is 30.0 Å². The molecule has 1 heterocycles. The Morgan fingerprint density at radius 2 is 1.71 bits per heavy atom. The number of hydrogen-bond donors (Lipinski definition) is 1. The molecule has 1 aliphatic rings. The number of amides is 1. The average molecular weight is 492 g/mol. The Morgan fingerprint density at radius 3 is 2.43 bits per heavy atom. The van der Waals surface area contributed by atoms with Crippen molar-refractivity contribution in [1.82, 2.24) is 0 Å². The van der Waals surface area contributed by atoms with Gasteiger partial charge in [-0.05, 0) is 62.2 Å². The van der Waals surface area contributed by atoms with Gasteiger partial charge >= 0.3 is 0 Å². The van der Waals surface area contributed by atoms with E-state index >= 15 is 0 Å². The summed E-state index contributed by atoms with van der Waals surface area (Å²) < 4.78 is 11.2. The number of ketones is 1. The average Bonchev–Trinajstić information content (AvgIpc) is 3.11. The molecule has 1 fully saturated rings. The summed E-state index contributed by atoms with van der Waals surface area (Å²) in [6.07, 6.45) is 0. The third kappa shape index (κ3) is 4.62. The van der Waals surface area contributed by atoms with Crippen molar-refractivity contribution in [1.29, 1.82) is 0 Å². The van der Waals surface area contributed by atoms with Crippen LogP contribution >= 0.6 is 11.6 Å². The summed E-state index contributed by atoms with van der Waals surface area (Å²) in [5.41, 5.74) is 2.43. The van der Waals surface area contributed by atoms with Gasteiger partial charge in [-0.25, -0.2) is 0 Å². The number of nitrogens with zero attached hydrogens (tertiary/aromatic N) is 1. The first-order valence-corrected chi connectivity index (χ1v) is 11.8. The number of aliphatic hydroxyl groups is 1. The molecule has 4 rings (SSSR count). The van der Waals surface area contributed by atoms with Crippen molar-refractivity contribution < 1.29 is 24.2 Å². The van der Waals surface area contributed by atoms with Crippen LogP contribution in [0.1, 0.15) is 36.6 Å². The fraction of sp³-hybridized carbons (Fsp3) is 0.214. The van der Waals surface area contributed by atoms with Crippen LogP contribution in [0.4, 0.5) is 5.69 Å². The molecule has 1 aliphatic heterocycles. The second kappa shape index (κ2) is 10.2. The van der Waals surface area contributed by atoms with E-state index in [4.69, 9.17) is 21.1 Å². The molecule has 0 spiro atoms. The number of anilines is 1. The van der Waals surface area contributed by atoms with E-state index in [0.29, 0.717) is 41.0 Å². The number of aliphatic hydroxyl groups excluding tert-OH is 1. The van der Waals surface area contributed by atoms with Crippen LogP contribution in [0.5, 0.6) is 11.5 Å². The third-order valence-electron chi connectivity index (χ3n) is 5.84. The van der Waals surface area contributed by atoms with Gasteiger partial charge in [0.05, 0.1) is 29.9 Å². The molecule has 3 aromatic carbocycles. The van der Waals surface area contributed by atoms with Crippen molar-refractivity contribution in [2.45, 2.75) is 26.8 Å². The van der Waals surface area contributed by atoms with Gasteiger partial charge in [0, 0.05) is 17.3 Å². The molecule has 1 atom stereocenters. The molecule has 3 aromatic rings. The zero-order valence-corrected chi connectivity index (χ0v) is 20.5. The Hall–Kier alpha value is -3.77. The van der Waals surface area contributed by atoms with E-state index in [2.05, 4.69) is 0 Å². The molecule has 0 aliphatic carbocycles. The predicted octanol–water partition coefficient (Wildman–Crippen LogP) is 6.07. The topological polar surface area (TPSA) is 76.1 Å². The highest BCUT2D eigenvalue weighted by atomic mass is 35.5. The van der Waals surface area contributed by atoms with Crippen LogP contribution in [0.15, 0.2) is 72.3 Å². The van der Waals surface area contributed by atoms with Crippen LogP contribution in [0.3, 0.4) is 0 Å². The number of aryl methyl sites for hydroxylation is 1. The first kappa shape index (κ1) is 24.4. The van der Waals surface area contributed by atoms with Crippen LogP contribution < -0.4 is 14.4 Å². The molecular formula is C28H26ClNO5. The Bertz CT molecular complexity index is 1320. The van der Waals surface area contributed by atoms with Crippen LogP contribution in [0, 0.1) is 6.92 Å². The number of hydrogen-bond acceptors (Lipinski definition) is 5. The SMILES string of the molecule is CCOc1cccc(N2C(=O)C(=O)/C(=C(/O)c3ccc(Cl)c(OCC)c3)C2c2ccccc2C)c1. The highest BCUT2D eigenvalue weighted by Gasteiger charge is 2.47. The van der Waals surface area contributed by atoms with Crippen LogP contribution in [-0.2, 0) is 9.59 Å². The predicted molar refractivity (Wildman–Crippen MR) is 136 cm³/mol. The summed E-state index contributed by atoms with van der Waals surface area (Å²) in [5.74, 6) is -0.839. The van der Waals surface area contributed by atoms with E-state index in [1.165, 1.54) is 4.90 Å². The van der Waals surface area contributed by atoms with E-state index in [1.807, 2.05) is 45.0 Å². The van der Waals surface area contributed by atoms with Gasteiger partial charge < -0.3 is 14.6 Å². The minimum absolute atomic E-state index is 0.00381. The lowest BCUT2D eigenvalue weighted by Crippen LogP contribution is -2.29. The first-order chi connectivity index (χ1) is 16.9. The molecule has 1 saturated heterocycles. The van der Waals surface area contributed by atoms with Crippen molar-refractivity contribution in [3.05, 3.63) is 94.0 Å². The molecule has 35 heavy (non-hydrogen) atoms. The second-order valence-electron chi connectivity index (χ2n) is 8.03. The zero-order valence-electron chi connectivity index (χ0n) is 19.7. The minimum Gasteiger partial charge on any atom is -0.507 e. The van der Waals surface area contributed by atoms with Crippen LogP contribution in [0.25, 0.3) is 5.76 Å². The molecule has 0 radical (unpaired) electrons. The maximum atomic E-state index is 13.4. The van der Waals surface area contributed by atoms with Gasteiger partial charge in [-0.1, -0.05) is 41.9 Å². The van der Waals surface area contributed by atoms with Crippen LogP contribution in [0.2, 0.25) is 5.02 Å². The number of rotatable bonds is 7. The summed E-state index contributed by atoms with van der Waals surface area (Å²) in [6, 6.07) is 18.4. The normalized spacial score (nSPS) is 17.0. The summed E-state index contributed by atoms with van der Waals surface area (Å²) >= 11 is 6.22. The summed E-state index contributed by atoms with van der Waals surface area (Å²) in [4.78, 5) is 28.2. The molecule has 7 heteroatoms. The molecule has 0 aromatic heterocycles. The molecule has 180 valence electrons. The van der Waals surface area contributed by atoms with Crippen molar-refractivity contribution in [3.8, 4) is 11.5 Å². The largest absolute Gasteiger partial charge is 0.507 e. The molecule has 6 nitrogen and oxygen atoms in total. The maximum Gasteiger partial charge on any atom is 0.300 e. The number of Topliss-reactive ketones (excluding diaryl/α,β-unsaturated/α-hetero) is 1. The fourth-order valence-corrected chi connectivity index (χ4v) is 4.42. The lowest BCUT2D eigenvalue weighted by Gasteiger charge is -2.27. The summed E-state index contributed by atoms with van der Waals surface area (Å²) in [6.45, 7) is 6.44. The number of carbonyl (C=O) groups excluding carboxylic acids is 2. The quantitative estimate of drug-likeness (QED) is 0.246. The highest BCUT2D eigenvalue weighted by molar-refractivity contribution is 6.51. The lowest BCUT2D eigenvalue weighted by molar-refractivity contribution is -0.132. The molecular weight excluding hydrogens is 466 g/mol. The smallest absolute Gasteiger partial charge is 0.300 e. The van der Waals surface area contributed by atoms with E-state index in [1.54, 1.807) is 42.5 Å². The van der Waals surface area contributed by atoms with Crippen molar-refractivity contribution >= 4 is 34.7 Å². The molecule has 1 amide bonds. The van der Waals surface area contributed by atoms with Crippen molar-refractivity contribution in [2.75, 3.05) is 18.1 Å². The maximum absolute atomic E-state index is 13.4. The second-order valence-corrected chi connectivity index (χ2v) is 8.44. The van der Waals surface area contributed by atoms with Gasteiger partial charge in [0.15, 0.2) is 0 Å². The fourth-order valence-electron chi connectivity index (χ4n) is 4.25. The molecule has 1 N–H and O–H groups in total. The summed E-state index contributed by atoms with van der Waals surface area (Å²) in [5, 5.41) is 11.8. The Kier molecular flexibility index (Phi) is 7.12. The number of carbonyl (C=O) groups is 2. The van der Waals surface area contributed by atoms with E-state index < -0.39 is 17.7 Å². The third-order valence-corrected chi connectivity index (χ3v) is 6.15. The van der Waals surface area contributed by atoms with Gasteiger partial charge in [0.1, 0.15) is 17.3 Å². The minimum atomic E-state index is -0.834. The van der Waals surface area contributed by atoms with Crippen molar-refractivity contribution in [2.24, 2.45) is 0 Å². The van der Waals surface area contributed by atoms with Gasteiger partial charge in [0.2, 0.25) is 0 Å². The Labute approximate surface area is 209 Å². The standard InChI is InChI=1S/C28H26ClNO5/c1-4-34-20-11-8-10-19(16-20)30-25(21-12-7-6-9-17(21)3)24(27(32)28(30)33)26(31)18-13-14-22(29)23(15-18)35-5-2/h6-16,25,31H,4-5H2,1-3H3/b26-24+. The Morgan fingerprint density at radius 1 is 0.971 bits per heavy atom. The van der Waals surface area contributed by atoms with E-state index in [9.17, 15) is 14.7 Å².